The largest absolute Gasteiger partial charge is 0.378 e. The zero-order valence-corrected chi connectivity index (χ0v) is 15.5. The lowest BCUT2D eigenvalue weighted by atomic mass is 10.0. The maximum absolute atomic E-state index is 3.67. The van der Waals surface area contributed by atoms with Crippen LogP contribution in [0.2, 0.25) is 0 Å². The van der Waals surface area contributed by atoms with Gasteiger partial charge in [0.25, 0.3) is 0 Å². The van der Waals surface area contributed by atoms with Crippen molar-refractivity contribution >= 4 is 38.0 Å². The number of anilines is 1. The zero-order valence-electron chi connectivity index (χ0n) is 14.7. The summed E-state index contributed by atoms with van der Waals surface area (Å²) in [5, 5.41) is 6.27. The number of para-hydroxylation sites is 1. The SMILES string of the molecule is c1ccc2c(c1)CC(c1ccc3sc(-c4ccc5[nH]ccc5c4)cc3c1)N2. The number of H-pyrrole nitrogens is 1. The molecule has 1 aliphatic heterocycles. The molecule has 0 aliphatic carbocycles. The number of hydrogen-bond donors (Lipinski definition) is 2. The second-order valence-corrected chi connectivity index (χ2v) is 8.33. The molecule has 1 atom stereocenters. The number of thiophene rings is 1. The van der Waals surface area contributed by atoms with Crippen molar-refractivity contribution in [2.45, 2.75) is 12.5 Å². The Morgan fingerprint density at radius 3 is 2.78 bits per heavy atom. The normalized spacial score (nSPS) is 15.9. The summed E-state index contributed by atoms with van der Waals surface area (Å²) in [6.07, 6.45) is 3.06. The van der Waals surface area contributed by atoms with Crippen molar-refractivity contribution in [1.29, 1.82) is 0 Å². The van der Waals surface area contributed by atoms with Gasteiger partial charge in [-0.3, -0.25) is 0 Å². The lowest BCUT2D eigenvalue weighted by Gasteiger charge is -2.11. The van der Waals surface area contributed by atoms with Gasteiger partial charge in [0.15, 0.2) is 0 Å². The van der Waals surface area contributed by atoms with E-state index in [1.165, 1.54) is 48.2 Å². The van der Waals surface area contributed by atoms with Crippen LogP contribution >= 0.6 is 11.3 Å². The van der Waals surface area contributed by atoms with Crippen LogP contribution in [-0.4, -0.2) is 4.98 Å². The zero-order chi connectivity index (χ0) is 17.8. The van der Waals surface area contributed by atoms with Gasteiger partial charge in [0.2, 0.25) is 0 Å². The molecule has 1 aliphatic rings. The Morgan fingerprint density at radius 2 is 1.81 bits per heavy atom. The maximum Gasteiger partial charge on any atom is 0.0555 e. The highest BCUT2D eigenvalue weighted by molar-refractivity contribution is 7.22. The smallest absolute Gasteiger partial charge is 0.0555 e. The van der Waals surface area contributed by atoms with Gasteiger partial charge in [-0.25, -0.2) is 0 Å². The average molecular weight is 366 g/mol. The Morgan fingerprint density at radius 1 is 0.852 bits per heavy atom. The molecule has 3 heteroatoms. The number of fused-ring (bicyclic) bond motifs is 3. The molecule has 27 heavy (non-hydrogen) atoms. The van der Waals surface area contributed by atoms with Crippen LogP contribution in [-0.2, 0) is 6.42 Å². The Labute approximate surface area is 161 Å². The van der Waals surface area contributed by atoms with Crippen LogP contribution in [0.4, 0.5) is 5.69 Å². The first-order valence-electron chi connectivity index (χ1n) is 9.29. The van der Waals surface area contributed by atoms with Gasteiger partial charge in [-0.1, -0.05) is 30.3 Å². The summed E-state index contributed by atoms with van der Waals surface area (Å²) in [6.45, 7) is 0. The highest BCUT2D eigenvalue weighted by Gasteiger charge is 2.21. The van der Waals surface area contributed by atoms with Gasteiger partial charge in [0.1, 0.15) is 0 Å². The molecule has 0 saturated heterocycles. The van der Waals surface area contributed by atoms with Gasteiger partial charge in [0.05, 0.1) is 6.04 Å². The molecule has 3 heterocycles. The molecule has 130 valence electrons. The molecular weight excluding hydrogens is 348 g/mol. The fraction of sp³-hybridized carbons (Fsp3) is 0.0833. The van der Waals surface area contributed by atoms with Crippen molar-refractivity contribution < 1.29 is 0 Å². The monoisotopic (exact) mass is 366 g/mol. The fourth-order valence-corrected chi connectivity index (χ4v) is 5.17. The van der Waals surface area contributed by atoms with Crippen molar-refractivity contribution in [2.75, 3.05) is 5.32 Å². The molecule has 3 aromatic carbocycles. The van der Waals surface area contributed by atoms with E-state index in [4.69, 9.17) is 0 Å². The van der Waals surface area contributed by atoms with E-state index >= 15 is 0 Å². The predicted octanol–water partition coefficient (Wildman–Crippen LogP) is 6.76. The molecule has 0 amide bonds. The third-order valence-corrected chi connectivity index (χ3v) is 6.72. The van der Waals surface area contributed by atoms with E-state index in [-0.39, 0.29) is 0 Å². The predicted molar refractivity (Wildman–Crippen MR) is 116 cm³/mol. The van der Waals surface area contributed by atoms with Crippen molar-refractivity contribution in [3.63, 3.8) is 0 Å². The fourth-order valence-electron chi connectivity index (χ4n) is 4.13. The topological polar surface area (TPSA) is 27.8 Å². The molecule has 6 rings (SSSR count). The van der Waals surface area contributed by atoms with Gasteiger partial charge < -0.3 is 10.3 Å². The van der Waals surface area contributed by atoms with Crippen LogP contribution in [0.1, 0.15) is 17.2 Å². The van der Waals surface area contributed by atoms with Crippen LogP contribution in [0, 0.1) is 0 Å². The van der Waals surface area contributed by atoms with Crippen LogP contribution < -0.4 is 5.32 Å². The van der Waals surface area contributed by atoms with Gasteiger partial charge in [-0.2, -0.15) is 0 Å². The summed E-state index contributed by atoms with van der Waals surface area (Å²) in [6, 6.07) is 27.0. The van der Waals surface area contributed by atoms with E-state index in [0.29, 0.717) is 6.04 Å². The second kappa shape index (κ2) is 5.73. The molecule has 0 fully saturated rings. The average Bonchev–Trinajstić information content (AvgIpc) is 3.42. The summed E-state index contributed by atoms with van der Waals surface area (Å²) < 4.78 is 1.35. The number of rotatable bonds is 2. The first-order valence-corrected chi connectivity index (χ1v) is 10.1. The molecule has 1 unspecified atom stereocenters. The van der Waals surface area contributed by atoms with Gasteiger partial charge in [-0.05, 0) is 76.3 Å². The van der Waals surface area contributed by atoms with E-state index in [9.17, 15) is 0 Å². The number of nitrogens with one attached hydrogen (secondary N) is 2. The van der Waals surface area contributed by atoms with Crippen LogP contribution in [0.5, 0.6) is 0 Å². The molecule has 0 radical (unpaired) electrons. The summed E-state index contributed by atoms with van der Waals surface area (Å²) >= 11 is 1.87. The van der Waals surface area contributed by atoms with E-state index < -0.39 is 0 Å². The number of benzene rings is 3. The minimum atomic E-state index is 0.367. The molecule has 0 saturated carbocycles. The Bertz CT molecular complexity index is 1270. The van der Waals surface area contributed by atoms with Crippen molar-refractivity contribution in [3.8, 4) is 10.4 Å². The van der Waals surface area contributed by atoms with E-state index in [2.05, 4.69) is 83.1 Å². The minimum Gasteiger partial charge on any atom is -0.378 e. The third-order valence-electron chi connectivity index (χ3n) is 5.55. The number of aromatic amines is 1. The Balaban J connectivity index is 1.37. The summed E-state index contributed by atoms with van der Waals surface area (Å²) in [7, 11) is 0. The molecule has 2 aromatic heterocycles. The second-order valence-electron chi connectivity index (χ2n) is 7.25. The molecule has 2 N–H and O–H groups in total. The maximum atomic E-state index is 3.67. The van der Waals surface area contributed by atoms with E-state index in [1.807, 2.05) is 17.5 Å². The summed E-state index contributed by atoms with van der Waals surface area (Å²) in [4.78, 5) is 4.59. The quantitative estimate of drug-likeness (QED) is 0.355. The van der Waals surface area contributed by atoms with Crippen molar-refractivity contribution in [1.82, 2.24) is 4.98 Å². The Kier molecular flexibility index (Phi) is 3.20. The summed E-state index contributed by atoms with van der Waals surface area (Å²) in [5.74, 6) is 0. The molecule has 0 spiro atoms. The van der Waals surface area contributed by atoms with Crippen molar-refractivity contribution in [2.24, 2.45) is 0 Å². The highest BCUT2D eigenvalue weighted by atomic mass is 32.1. The number of hydrogen-bond acceptors (Lipinski definition) is 2. The minimum absolute atomic E-state index is 0.367. The van der Waals surface area contributed by atoms with Gasteiger partial charge in [-0.15, -0.1) is 11.3 Å². The third kappa shape index (κ3) is 2.47. The van der Waals surface area contributed by atoms with Crippen LogP contribution in [0.15, 0.2) is 79.0 Å². The lowest BCUT2D eigenvalue weighted by molar-refractivity contribution is 0.826. The van der Waals surface area contributed by atoms with Crippen LogP contribution in [0.3, 0.4) is 0 Å². The molecule has 2 nitrogen and oxygen atoms in total. The Hall–Kier alpha value is -3.04. The highest BCUT2D eigenvalue weighted by Crippen LogP contribution is 2.38. The molecule has 5 aromatic rings. The first-order chi connectivity index (χ1) is 13.3. The van der Waals surface area contributed by atoms with Crippen molar-refractivity contribution in [3.05, 3.63) is 90.1 Å². The number of aromatic nitrogens is 1. The first kappa shape index (κ1) is 15.1. The standard InChI is InChI=1S/C24H18N2S/c1-2-4-21-15(3-1)13-22(26-21)16-6-8-23-19(12-16)14-24(27-23)18-5-7-20-17(11-18)9-10-25-20/h1-12,14,22,25-26H,13H2. The van der Waals surface area contributed by atoms with Crippen LogP contribution in [0.25, 0.3) is 31.4 Å². The molecule has 0 bridgehead atoms. The molecular formula is C24H18N2S. The van der Waals surface area contributed by atoms with Gasteiger partial charge >= 0.3 is 0 Å². The van der Waals surface area contributed by atoms with Gasteiger partial charge in [0, 0.05) is 27.0 Å². The lowest BCUT2D eigenvalue weighted by Crippen LogP contribution is -2.05. The van der Waals surface area contributed by atoms with E-state index in [1.54, 1.807) is 0 Å². The summed E-state index contributed by atoms with van der Waals surface area (Å²) in [5.41, 5.74) is 6.52. The van der Waals surface area contributed by atoms with E-state index in [0.717, 1.165) is 6.42 Å².